The average Bonchev–Trinajstić information content (AvgIpc) is 2.42. The van der Waals surface area contributed by atoms with Crippen LogP contribution in [0, 0.1) is 0 Å². The predicted molar refractivity (Wildman–Crippen MR) is 92.1 cm³/mol. The van der Waals surface area contributed by atoms with Gasteiger partial charge in [-0.2, -0.15) is 0 Å². The van der Waals surface area contributed by atoms with E-state index in [1.54, 1.807) is 0 Å². The summed E-state index contributed by atoms with van der Waals surface area (Å²) in [7, 11) is 0. The van der Waals surface area contributed by atoms with Crippen molar-refractivity contribution in [2.45, 2.75) is 18.2 Å². The highest BCUT2D eigenvalue weighted by atomic mass is 79.9. The fourth-order valence-corrected chi connectivity index (χ4v) is 3.89. The van der Waals surface area contributed by atoms with Gasteiger partial charge in [0.2, 0.25) is 0 Å². The van der Waals surface area contributed by atoms with Gasteiger partial charge in [0.15, 0.2) is 0 Å². The first-order valence-corrected chi connectivity index (χ1v) is 8.50. The average molecular weight is 419 g/mol. The maximum Gasteiger partial charge on any atom is 0.120 e. The van der Waals surface area contributed by atoms with Crippen LogP contribution < -0.4 is 4.74 Å². The fraction of sp³-hybridized carbons (Fsp3) is 0.250. The largest absolute Gasteiger partial charge is 0.494 e. The number of benzene rings is 2. The Labute approximate surface area is 141 Å². The molecule has 0 bridgehead atoms. The third-order valence-corrected chi connectivity index (χ3v) is 4.85. The fourth-order valence-electron chi connectivity index (χ4n) is 1.99. The second kappa shape index (κ2) is 7.48. The van der Waals surface area contributed by atoms with Crippen LogP contribution in [-0.2, 0) is 6.42 Å². The van der Waals surface area contributed by atoms with Crippen LogP contribution in [0.2, 0.25) is 5.02 Å². The van der Waals surface area contributed by atoms with Crippen molar-refractivity contribution in [1.82, 2.24) is 0 Å². The van der Waals surface area contributed by atoms with E-state index in [1.165, 1.54) is 5.56 Å². The molecule has 0 heterocycles. The Morgan fingerprint density at radius 1 is 1.20 bits per heavy atom. The van der Waals surface area contributed by atoms with E-state index in [0.717, 1.165) is 27.2 Å². The lowest BCUT2D eigenvalue weighted by Crippen LogP contribution is -1.98. The zero-order valence-corrected chi connectivity index (χ0v) is 15.0. The van der Waals surface area contributed by atoms with Gasteiger partial charge in [-0.3, -0.25) is 0 Å². The molecule has 0 radical (unpaired) electrons. The quantitative estimate of drug-likeness (QED) is 0.527. The van der Waals surface area contributed by atoms with E-state index in [2.05, 4.69) is 44.0 Å². The Morgan fingerprint density at radius 2 is 1.95 bits per heavy atom. The Bertz CT molecular complexity index is 586. The maximum absolute atomic E-state index is 6.21. The molecular formula is C16H15Br2ClO. The second-order valence-corrected chi connectivity index (χ2v) is 6.75. The highest BCUT2D eigenvalue weighted by molar-refractivity contribution is 9.11. The van der Waals surface area contributed by atoms with E-state index in [4.69, 9.17) is 16.3 Å². The smallest absolute Gasteiger partial charge is 0.120 e. The number of ether oxygens (including phenoxy) is 1. The van der Waals surface area contributed by atoms with Crippen molar-refractivity contribution in [3.63, 3.8) is 0 Å². The molecule has 0 aliphatic carbocycles. The van der Waals surface area contributed by atoms with Crippen molar-refractivity contribution in [2.24, 2.45) is 0 Å². The molecule has 0 amide bonds. The Balaban J connectivity index is 2.17. The molecule has 0 N–H and O–H groups in total. The summed E-state index contributed by atoms with van der Waals surface area (Å²) in [5.41, 5.74) is 2.32. The summed E-state index contributed by atoms with van der Waals surface area (Å²) in [6.07, 6.45) is 0.840. The topological polar surface area (TPSA) is 9.23 Å². The number of halogens is 3. The number of alkyl halides is 1. The molecule has 20 heavy (non-hydrogen) atoms. The minimum atomic E-state index is 0.201. The van der Waals surface area contributed by atoms with Gasteiger partial charge in [-0.05, 0) is 42.7 Å². The summed E-state index contributed by atoms with van der Waals surface area (Å²) in [5, 5.41) is 0.805. The molecule has 0 aliphatic heterocycles. The lowest BCUT2D eigenvalue weighted by Gasteiger charge is -2.14. The Kier molecular flexibility index (Phi) is 5.94. The summed E-state index contributed by atoms with van der Waals surface area (Å²) < 4.78 is 6.53. The molecule has 0 fully saturated rings. The normalized spacial score (nSPS) is 12.2. The van der Waals surface area contributed by atoms with Crippen molar-refractivity contribution < 1.29 is 4.74 Å². The minimum Gasteiger partial charge on any atom is -0.494 e. The van der Waals surface area contributed by atoms with Gasteiger partial charge >= 0.3 is 0 Å². The monoisotopic (exact) mass is 416 g/mol. The van der Waals surface area contributed by atoms with Crippen LogP contribution in [-0.4, -0.2) is 6.61 Å². The van der Waals surface area contributed by atoms with Crippen molar-refractivity contribution in [1.29, 1.82) is 0 Å². The van der Waals surface area contributed by atoms with Crippen LogP contribution in [0.5, 0.6) is 5.75 Å². The van der Waals surface area contributed by atoms with Crippen molar-refractivity contribution in [3.05, 3.63) is 63.1 Å². The van der Waals surface area contributed by atoms with Gasteiger partial charge in [0.05, 0.1) is 6.61 Å². The highest BCUT2D eigenvalue weighted by Gasteiger charge is 2.14. The van der Waals surface area contributed by atoms with Gasteiger partial charge in [0, 0.05) is 14.3 Å². The molecule has 2 aromatic carbocycles. The van der Waals surface area contributed by atoms with E-state index in [-0.39, 0.29) is 4.83 Å². The van der Waals surface area contributed by atoms with E-state index in [9.17, 15) is 0 Å². The van der Waals surface area contributed by atoms with Crippen LogP contribution >= 0.6 is 43.5 Å². The third-order valence-electron chi connectivity index (χ3n) is 2.98. The van der Waals surface area contributed by atoms with Crippen LogP contribution in [0.1, 0.15) is 22.9 Å². The summed E-state index contributed by atoms with van der Waals surface area (Å²) >= 11 is 13.6. The molecule has 0 saturated heterocycles. The van der Waals surface area contributed by atoms with Crippen molar-refractivity contribution in [3.8, 4) is 5.75 Å². The zero-order valence-electron chi connectivity index (χ0n) is 11.1. The molecule has 2 rings (SSSR count). The molecule has 1 atom stereocenters. The van der Waals surface area contributed by atoms with E-state index < -0.39 is 0 Å². The lowest BCUT2D eigenvalue weighted by atomic mass is 10.0. The third kappa shape index (κ3) is 4.00. The first-order valence-electron chi connectivity index (χ1n) is 6.41. The Hall–Kier alpha value is -0.510. The molecular weight excluding hydrogens is 403 g/mol. The summed E-state index contributed by atoms with van der Waals surface area (Å²) in [6, 6.07) is 14.0. The molecule has 1 nitrogen and oxygen atoms in total. The van der Waals surface area contributed by atoms with Crippen molar-refractivity contribution >= 4 is 43.5 Å². The molecule has 4 heteroatoms. The van der Waals surface area contributed by atoms with E-state index in [1.807, 2.05) is 37.3 Å². The molecule has 106 valence electrons. The summed E-state index contributed by atoms with van der Waals surface area (Å²) in [4.78, 5) is 0.201. The lowest BCUT2D eigenvalue weighted by molar-refractivity contribution is 0.340. The molecule has 0 aliphatic rings. The van der Waals surface area contributed by atoms with Gasteiger partial charge in [-0.25, -0.2) is 0 Å². The van der Waals surface area contributed by atoms with Gasteiger partial charge in [-0.15, -0.1) is 0 Å². The van der Waals surface area contributed by atoms with Crippen LogP contribution in [0.25, 0.3) is 0 Å². The first kappa shape index (κ1) is 15.9. The predicted octanol–water partition coefficient (Wildman–Crippen LogP) is 6.18. The first-order chi connectivity index (χ1) is 9.61. The zero-order chi connectivity index (χ0) is 14.5. The van der Waals surface area contributed by atoms with E-state index in [0.29, 0.717) is 6.61 Å². The van der Waals surface area contributed by atoms with Crippen molar-refractivity contribution in [2.75, 3.05) is 6.61 Å². The van der Waals surface area contributed by atoms with Gasteiger partial charge in [0.1, 0.15) is 5.75 Å². The molecule has 0 aromatic heterocycles. The number of rotatable bonds is 5. The summed E-state index contributed by atoms with van der Waals surface area (Å²) in [6.45, 7) is 2.65. The molecule has 2 aromatic rings. The standard InChI is InChI=1S/C16H15Br2ClO/c1-2-20-12-7-8-13(15(18)10-12)14(17)9-11-5-3-4-6-16(11)19/h3-8,10,14H,2,9H2,1H3. The van der Waals surface area contributed by atoms with Crippen LogP contribution in [0.4, 0.5) is 0 Å². The van der Waals surface area contributed by atoms with Gasteiger partial charge < -0.3 is 4.74 Å². The van der Waals surface area contributed by atoms with Crippen LogP contribution in [0.15, 0.2) is 46.9 Å². The maximum atomic E-state index is 6.21. The molecule has 1 unspecified atom stereocenters. The SMILES string of the molecule is CCOc1ccc(C(Br)Cc2ccccc2Cl)c(Br)c1. The summed E-state index contributed by atoms with van der Waals surface area (Å²) in [5.74, 6) is 0.876. The van der Waals surface area contributed by atoms with Gasteiger partial charge in [-0.1, -0.05) is 67.7 Å². The second-order valence-electron chi connectivity index (χ2n) is 4.38. The Morgan fingerprint density at radius 3 is 2.60 bits per heavy atom. The molecule has 0 spiro atoms. The number of hydrogen-bond acceptors (Lipinski definition) is 1. The molecule has 0 saturated carbocycles. The highest BCUT2D eigenvalue weighted by Crippen LogP contribution is 2.35. The van der Waals surface area contributed by atoms with Gasteiger partial charge in [0.25, 0.3) is 0 Å². The van der Waals surface area contributed by atoms with Crippen LogP contribution in [0.3, 0.4) is 0 Å². The van der Waals surface area contributed by atoms with E-state index >= 15 is 0 Å². The number of hydrogen-bond donors (Lipinski definition) is 0. The minimum absolute atomic E-state index is 0.201.